The fourth-order valence-corrected chi connectivity index (χ4v) is 7.02. The molecule has 1 aliphatic heterocycles. The van der Waals surface area contributed by atoms with E-state index in [1.165, 1.54) is 16.7 Å². The molecule has 3 heterocycles. The zero-order valence-corrected chi connectivity index (χ0v) is 20.9. The molecule has 0 spiro atoms. The molecular formula is C20H22ClN5O4S3. The van der Waals surface area contributed by atoms with E-state index in [0.717, 1.165) is 36.6 Å². The topological polar surface area (TPSA) is 115 Å². The standard InChI is InChI=1S/C20H22ClN5O4S3/c1-31-20-23-10-15(24-20)4-5-22-17(27)11-25-6-7-26(12-18(25)28)33(29,30)19-8-13-2-3-14(21)9-16(13)32-19/h2-3,8-10H,4-7,11-12H2,1H3,(H,22,27)(H,23,24). The van der Waals surface area contributed by atoms with Crippen LogP contribution in [0.4, 0.5) is 0 Å². The number of H-pyrrole nitrogens is 1. The van der Waals surface area contributed by atoms with Crippen LogP contribution in [0.2, 0.25) is 5.02 Å². The Hall–Kier alpha value is -2.12. The highest BCUT2D eigenvalue weighted by atomic mass is 35.5. The van der Waals surface area contributed by atoms with Crippen LogP contribution in [0.1, 0.15) is 5.69 Å². The number of aromatic amines is 1. The second kappa shape index (κ2) is 10.0. The van der Waals surface area contributed by atoms with E-state index in [2.05, 4.69) is 15.3 Å². The Labute approximate surface area is 204 Å². The number of nitrogens with one attached hydrogen (secondary N) is 2. The molecule has 1 fully saturated rings. The van der Waals surface area contributed by atoms with E-state index in [-0.39, 0.29) is 36.3 Å². The number of carbonyl (C=O) groups excluding carboxylic acids is 2. The van der Waals surface area contributed by atoms with Crippen molar-refractivity contribution >= 4 is 66.6 Å². The number of hydrogen-bond donors (Lipinski definition) is 2. The number of sulfonamides is 1. The molecule has 0 bridgehead atoms. The van der Waals surface area contributed by atoms with Crippen molar-refractivity contribution in [3.8, 4) is 0 Å². The minimum atomic E-state index is -3.82. The maximum atomic E-state index is 13.1. The zero-order chi connectivity index (χ0) is 23.6. The third-order valence-corrected chi connectivity index (χ3v) is 9.40. The van der Waals surface area contributed by atoms with Crippen molar-refractivity contribution in [2.24, 2.45) is 0 Å². The summed E-state index contributed by atoms with van der Waals surface area (Å²) < 4.78 is 28.2. The van der Waals surface area contributed by atoms with E-state index in [0.29, 0.717) is 18.0 Å². The van der Waals surface area contributed by atoms with Gasteiger partial charge in [-0.25, -0.2) is 13.4 Å². The molecule has 1 saturated heterocycles. The van der Waals surface area contributed by atoms with Crippen molar-refractivity contribution in [2.45, 2.75) is 15.8 Å². The molecule has 4 rings (SSSR count). The Balaban J connectivity index is 1.31. The number of fused-ring (bicyclic) bond motifs is 1. The first kappa shape index (κ1) is 24.0. The number of amides is 2. The number of thiophene rings is 1. The average Bonchev–Trinajstić information content (AvgIpc) is 3.42. The van der Waals surface area contributed by atoms with Crippen molar-refractivity contribution in [3.63, 3.8) is 0 Å². The maximum Gasteiger partial charge on any atom is 0.253 e. The number of nitrogens with zero attached hydrogens (tertiary/aromatic N) is 3. The maximum absolute atomic E-state index is 13.1. The summed E-state index contributed by atoms with van der Waals surface area (Å²) in [6.07, 6.45) is 4.29. The molecule has 3 aromatic rings. The average molecular weight is 528 g/mol. The summed E-state index contributed by atoms with van der Waals surface area (Å²) in [5.41, 5.74) is 0.845. The molecule has 2 N–H and O–H groups in total. The van der Waals surface area contributed by atoms with Gasteiger partial charge in [0, 0.05) is 42.0 Å². The number of halogens is 1. The van der Waals surface area contributed by atoms with Gasteiger partial charge in [0.1, 0.15) is 4.21 Å². The summed E-state index contributed by atoms with van der Waals surface area (Å²) in [6, 6.07) is 6.78. The van der Waals surface area contributed by atoms with Gasteiger partial charge in [0.2, 0.25) is 11.8 Å². The largest absolute Gasteiger partial charge is 0.354 e. The monoisotopic (exact) mass is 527 g/mol. The van der Waals surface area contributed by atoms with E-state index < -0.39 is 15.9 Å². The fraction of sp³-hybridized carbons (Fsp3) is 0.350. The van der Waals surface area contributed by atoms with Crippen LogP contribution in [0, 0.1) is 0 Å². The molecule has 33 heavy (non-hydrogen) atoms. The van der Waals surface area contributed by atoms with Crippen molar-refractivity contribution < 1.29 is 18.0 Å². The fourth-order valence-electron chi connectivity index (χ4n) is 3.43. The van der Waals surface area contributed by atoms with Gasteiger partial charge in [-0.3, -0.25) is 9.59 Å². The van der Waals surface area contributed by atoms with Gasteiger partial charge in [-0.05, 0) is 29.8 Å². The number of hydrogen-bond acceptors (Lipinski definition) is 7. The van der Waals surface area contributed by atoms with E-state index in [1.54, 1.807) is 30.5 Å². The molecule has 0 radical (unpaired) electrons. The minimum absolute atomic E-state index is 0.106. The van der Waals surface area contributed by atoms with Crippen molar-refractivity contribution in [3.05, 3.63) is 41.2 Å². The summed E-state index contributed by atoms with van der Waals surface area (Å²) in [7, 11) is -3.82. The molecule has 0 aliphatic carbocycles. The van der Waals surface area contributed by atoms with Gasteiger partial charge in [0.05, 0.1) is 18.8 Å². The third-order valence-electron chi connectivity index (χ3n) is 5.18. The molecule has 1 aromatic carbocycles. The molecule has 0 atom stereocenters. The predicted octanol–water partition coefficient (Wildman–Crippen LogP) is 2.19. The van der Waals surface area contributed by atoms with E-state index in [1.807, 2.05) is 6.26 Å². The summed E-state index contributed by atoms with van der Waals surface area (Å²) in [5.74, 6) is -0.692. The van der Waals surface area contributed by atoms with Crippen LogP contribution in [0.15, 0.2) is 39.8 Å². The molecule has 0 saturated carbocycles. The van der Waals surface area contributed by atoms with Crippen LogP contribution in [0.3, 0.4) is 0 Å². The van der Waals surface area contributed by atoms with Crippen LogP contribution in [-0.2, 0) is 26.0 Å². The van der Waals surface area contributed by atoms with Gasteiger partial charge in [-0.1, -0.05) is 29.4 Å². The van der Waals surface area contributed by atoms with Gasteiger partial charge in [-0.2, -0.15) is 4.31 Å². The highest BCUT2D eigenvalue weighted by Crippen LogP contribution is 2.33. The van der Waals surface area contributed by atoms with Gasteiger partial charge in [0.25, 0.3) is 10.0 Å². The summed E-state index contributed by atoms with van der Waals surface area (Å²) >= 11 is 8.62. The van der Waals surface area contributed by atoms with Crippen molar-refractivity contribution in [2.75, 3.05) is 39.0 Å². The van der Waals surface area contributed by atoms with Crippen LogP contribution in [-0.4, -0.2) is 78.4 Å². The van der Waals surface area contributed by atoms with Crippen molar-refractivity contribution in [1.29, 1.82) is 0 Å². The summed E-state index contributed by atoms with van der Waals surface area (Å²) in [4.78, 5) is 33.6. The zero-order valence-electron chi connectivity index (χ0n) is 17.7. The predicted molar refractivity (Wildman–Crippen MR) is 129 cm³/mol. The Morgan fingerprint density at radius 1 is 1.33 bits per heavy atom. The molecule has 0 unspecified atom stereocenters. The number of piperazine rings is 1. The van der Waals surface area contributed by atoms with E-state index in [4.69, 9.17) is 11.6 Å². The lowest BCUT2D eigenvalue weighted by atomic mass is 10.3. The number of thioether (sulfide) groups is 1. The second-order valence-corrected chi connectivity index (χ2v) is 11.9. The first-order chi connectivity index (χ1) is 15.8. The molecule has 1 aliphatic rings. The molecule has 2 aromatic heterocycles. The van der Waals surface area contributed by atoms with Crippen LogP contribution < -0.4 is 5.32 Å². The Kier molecular flexibility index (Phi) is 7.29. The van der Waals surface area contributed by atoms with E-state index in [9.17, 15) is 18.0 Å². The highest BCUT2D eigenvalue weighted by molar-refractivity contribution is 7.98. The van der Waals surface area contributed by atoms with Crippen molar-refractivity contribution in [1.82, 2.24) is 24.5 Å². The number of benzene rings is 1. The number of imidazole rings is 1. The van der Waals surface area contributed by atoms with Gasteiger partial charge in [-0.15, -0.1) is 11.3 Å². The number of carbonyl (C=O) groups is 2. The van der Waals surface area contributed by atoms with Crippen LogP contribution >= 0.6 is 34.7 Å². The SMILES string of the molecule is CSc1nc(CCNC(=O)CN2CCN(S(=O)(=O)c3cc4ccc(Cl)cc4s3)CC2=O)c[nH]1. The number of rotatable bonds is 8. The first-order valence-electron chi connectivity index (χ1n) is 10.1. The smallest absolute Gasteiger partial charge is 0.253 e. The molecule has 9 nitrogen and oxygen atoms in total. The second-order valence-electron chi connectivity index (χ2n) is 7.40. The lowest BCUT2D eigenvalue weighted by molar-refractivity contribution is -0.138. The molecular weight excluding hydrogens is 506 g/mol. The normalized spacial score (nSPS) is 15.3. The Morgan fingerprint density at radius 2 is 2.15 bits per heavy atom. The third kappa shape index (κ3) is 5.52. The molecule has 2 amide bonds. The minimum Gasteiger partial charge on any atom is -0.354 e. The van der Waals surface area contributed by atoms with Gasteiger partial charge >= 0.3 is 0 Å². The van der Waals surface area contributed by atoms with E-state index >= 15 is 0 Å². The molecule has 13 heteroatoms. The first-order valence-corrected chi connectivity index (χ1v) is 13.9. The lowest BCUT2D eigenvalue weighted by Crippen LogP contribution is -2.54. The molecule has 176 valence electrons. The Morgan fingerprint density at radius 3 is 2.88 bits per heavy atom. The summed E-state index contributed by atoms with van der Waals surface area (Å²) in [6.45, 7) is 0.274. The van der Waals surface area contributed by atoms with Crippen LogP contribution in [0.5, 0.6) is 0 Å². The van der Waals surface area contributed by atoms with Gasteiger partial charge < -0.3 is 15.2 Å². The van der Waals surface area contributed by atoms with Gasteiger partial charge in [0.15, 0.2) is 5.16 Å². The lowest BCUT2D eigenvalue weighted by Gasteiger charge is -2.32. The highest BCUT2D eigenvalue weighted by Gasteiger charge is 2.34. The summed E-state index contributed by atoms with van der Waals surface area (Å²) in [5, 5.41) is 4.91. The van der Waals surface area contributed by atoms with Crippen LogP contribution in [0.25, 0.3) is 10.1 Å². The quantitative estimate of drug-likeness (QED) is 0.434. The number of aromatic nitrogens is 2. The Bertz CT molecular complexity index is 1290.